The van der Waals surface area contributed by atoms with Crippen molar-refractivity contribution in [1.29, 1.82) is 0 Å². The summed E-state index contributed by atoms with van der Waals surface area (Å²) in [4.78, 5) is 21.8. The van der Waals surface area contributed by atoms with E-state index in [4.69, 9.17) is 16.3 Å². The van der Waals surface area contributed by atoms with Gasteiger partial charge >= 0.3 is 5.97 Å². The number of aromatic nitrogens is 2. The highest BCUT2D eigenvalue weighted by molar-refractivity contribution is 6.29. The lowest BCUT2D eigenvalue weighted by Gasteiger charge is -2.17. The standard InChI is InChI=1S/C11H14ClN3O2/c1-7-13-9(12)5-10(14-7)15-4-3-8(6-15)11(16)17-2/h5,8H,3-4,6H2,1-2H3. The molecule has 0 aromatic carbocycles. The lowest BCUT2D eigenvalue weighted by Crippen LogP contribution is -2.24. The molecule has 1 unspecified atom stereocenters. The number of esters is 1. The number of aryl methyl sites for hydroxylation is 1. The zero-order valence-electron chi connectivity index (χ0n) is 9.81. The molecule has 92 valence electrons. The van der Waals surface area contributed by atoms with Crippen molar-refractivity contribution in [2.75, 3.05) is 25.1 Å². The summed E-state index contributed by atoms with van der Waals surface area (Å²) in [7, 11) is 1.41. The first-order valence-corrected chi connectivity index (χ1v) is 5.82. The molecule has 0 radical (unpaired) electrons. The number of ether oxygens (including phenoxy) is 1. The molecule has 1 fully saturated rings. The molecule has 2 rings (SSSR count). The van der Waals surface area contributed by atoms with Crippen LogP contribution in [0.1, 0.15) is 12.2 Å². The number of carbonyl (C=O) groups is 1. The van der Waals surface area contributed by atoms with Crippen LogP contribution >= 0.6 is 11.6 Å². The maximum Gasteiger partial charge on any atom is 0.310 e. The van der Waals surface area contributed by atoms with Crippen LogP contribution in [0.15, 0.2) is 6.07 Å². The van der Waals surface area contributed by atoms with Gasteiger partial charge < -0.3 is 9.64 Å². The third-order valence-electron chi connectivity index (χ3n) is 2.84. The zero-order valence-corrected chi connectivity index (χ0v) is 10.6. The van der Waals surface area contributed by atoms with E-state index >= 15 is 0 Å². The normalized spacial score (nSPS) is 19.5. The van der Waals surface area contributed by atoms with Crippen LogP contribution in [0, 0.1) is 12.8 Å². The first-order chi connectivity index (χ1) is 8.10. The van der Waals surface area contributed by atoms with Gasteiger partial charge in [0.2, 0.25) is 0 Å². The Kier molecular flexibility index (Phi) is 3.47. The van der Waals surface area contributed by atoms with E-state index in [-0.39, 0.29) is 11.9 Å². The van der Waals surface area contributed by atoms with Crippen LogP contribution in [-0.4, -0.2) is 36.1 Å². The van der Waals surface area contributed by atoms with Crippen molar-refractivity contribution in [3.8, 4) is 0 Å². The van der Waals surface area contributed by atoms with Gasteiger partial charge in [0.25, 0.3) is 0 Å². The fourth-order valence-corrected chi connectivity index (χ4v) is 2.23. The highest BCUT2D eigenvalue weighted by Gasteiger charge is 2.29. The van der Waals surface area contributed by atoms with Crippen molar-refractivity contribution in [2.45, 2.75) is 13.3 Å². The minimum atomic E-state index is -0.163. The lowest BCUT2D eigenvalue weighted by molar-refractivity contribution is -0.144. The lowest BCUT2D eigenvalue weighted by atomic mass is 10.1. The van der Waals surface area contributed by atoms with Crippen molar-refractivity contribution in [1.82, 2.24) is 9.97 Å². The molecule has 0 saturated carbocycles. The Morgan fingerprint density at radius 2 is 2.35 bits per heavy atom. The molecule has 1 aliphatic heterocycles. The van der Waals surface area contributed by atoms with Crippen molar-refractivity contribution < 1.29 is 9.53 Å². The average Bonchev–Trinajstić information content (AvgIpc) is 2.76. The summed E-state index contributed by atoms with van der Waals surface area (Å²) in [6, 6.07) is 1.72. The number of anilines is 1. The van der Waals surface area contributed by atoms with E-state index < -0.39 is 0 Å². The fraction of sp³-hybridized carbons (Fsp3) is 0.545. The van der Waals surface area contributed by atoms with Gasteiger partial charge in [-0.1, -0.05) is 11.6 Å². The Hall–Kier alpha value is -1.36. The Balaban J connectivity index is 2.12. The van der Waals surface area contributed by atoms with Crippen molar-refractivity contribution in [3.05, 3.63) is 17.0 Å². The number of hydrogen-bond donors (Lipinski definition) is 0. The van der Waals surface area contributed by atoms with Gasteiger partial charge in [0, 0.05) is 19.2 Å². The monoisotopic (exact) mass is 255 g/mol. The molecule has 0 N–H and O–H groups in total. The van der Waals surface area contributed by atoms with Gasteiger partial charge in [-0.3, -0.25) is 4.79 Å². The number of hydrogen-bond acceptors (Lipinski definition) is 5. The molecule has 1 aliphatic rings. The predicted octanol–water partition coefficient (Wildman–Crippen LogP) is 1.44. The highest BCUT2D eigenvalue weighted by Crippen LogP contribution is 2.24. The summed E-state index contributed by atoms with van der Waals surface area (Å²) in [5.41, 5.74) is 0. The van der Waals surface area contributed by atoms with E-state index in [1.807, 2.05) is 4.90 Å². The van der Waals surface area contributed by atoms with Gasteiger partial charge in [-0.15, -0.1) is 0 Å². The van der Waals surface area contributed by atoms with Crippen molar-refractivity contribution in [2.24, 2.45) is 5.92 Å². The van der Waals surface area contributed by atoms with Gasteiger partial charge in [0.1, 0.15) is 16.8 Å². The average molecular weight is 256 g/mol. The molecule has 1 saturated heterocycles. The largest absolute Gasteiger partial charge is 0.469 e. The summed E-state index contributed by atoms with van der Waals surface area (Å²) in [5, 5.41) is 0.425. The van der Waals surface area contributed by atoms with Crippen LogP contribution in [0.5, 0.6) is 0 Å². The molecule has 1 aromatic heterocycles. The second kappa shape index (κ2) is 4.87. The van der Waals surface area contributed by atoms with Crippen LogP contribution in [0.4, 0.5) is 5.82 Å². The Morgan fingerprint density at radius 3 is 3.00 bits per heavy atom. The maximum atomic E-state index is 11.4. The van der Waals surface area contributed by atoms with Crippen molar-refractivity contribution in [3.63, 3.8) is 0 Å². The van der Waals surface area contributed by atoms with E-state index in [1.165, 1.54) is 7.11 Å². The van der Waals surface area contributed by atoms with Gasteiger partial charge in [-0.25, -0.2) is 9.97 Å². The van der Waals surface area contributed by atoms with Gasteiger partial charge in [-0.05, 0) is 13.3 Å². The number of nitrogens with zero attached hydrogens (tertiary/aromatic N) is 3. The molecular weight excluding hydrogens is 242 g/mol. The summed E-state index contributed by atoms with van der Waals surface area (Å²) in [6.07, 6.45) is 0.785. The SMILES string of the molecule is COC(=O)C1CCN(c2cc(Cl)nc(C)n2)C1. The Labute approximate surface area is 105 Å². The van der Waals surface area contributed by atoms with Gasteiger partial charge in [-0.2, -0.15) is 0 Å². The third kappa shape index (κ3) is 2.66. The third-order valence-corrected chi connectivity index (χ3v) is 3.03. The van der Waals surface area contributed by atoms with Crippen LogP contribution in [0.3, 0.4) is 0 Å². The van der Waals surface area contributed by atoms with E-state index in [1.54, 1.807) is 13.0 Å². The van der Waals surface area contributed by atoms with E-state index in [0.29, 0.717) is 17.5 Å². The molecule has 1 atom stereocenters. The van der Waals surface area contributed by atoms with Crippen LogP contribution < -0.4 is 4.90 Å². The molecule has 0 bridgehead atoms. The minimum absolute atomic E-state index is 0.0750. The first kappa shape index (κ1) is 12.1. The van der Waals surface area contributed by atoms with Gasteiger partial charge in [0.05, 0.1) is 13.0 Å². The Morgan fingerprint density at radius 1 is 1.59 bits per heavy atom. The first-order valence-electron chi connectivity index (χ1n) is 5.44. The smallest absolute Gasteiger partial charge is 0.310 e. The summed E-state index contributed by atoms with van der Waals surface area (Å²) >= 11 is 5.89. The molecule has 2 heterocycles. The number of rotatable bonds is 2. The quantitative estimate of drug-likeness (QED) is 0.591. The molecule has 0 aliphatic carbocycles. The number of carbonyl (C=O) groups excluding carboxylic acids is 1. The summed E-state index contributed by atoms with van der Waals surface area (Å²) < 4.78 is 4.74. The topological polar surface area (TPSA) is 55.3 Å². The minimum Gasteiger partial charge on any atom is -0.469 e. The highest BCUT2D eigenvalue weighted by atomic mass is 35.5. The second-order valence-corrected chi connectivity index (χ2v) is 4.44. The second-order valence-electron chi connectivity index (χ2n) is 4.05. The van der Waals surface area contributed by atoms with E-state index in [9.17, 15) is 4.79 Å². The predicted molar refractivity (Wildman–Crippen MR) is 64.1 cm³/mol. The van der Waals surface area contributed by atoms with Crippen LogP contribution in [0.2, 0.25) is 5.15 Å². The zero-order chi connectivity index (χ0) is 12.4. The molecule has 17 heavy (non-hydrogen) atoms. The van der Waals surface area contributed by atoms with Crippen LogP contribution in [-0.2, 0) is 9.53 Å². The molecule has 0 amide bonds. The van der Waals surface area contributed by atoms with Crippen LogP contribution in [0.25, 0.3) is 0 Å². The van der Waals surface area contributed by atoms with E-state index in [2.05, 4.69) is 9.97 Å². The number of halogens is 1. The molecule has 1 aromatic rings. The molecular formula is C11H14ClN3O2. The number of methoxy groups -OCH3 is 1. The van der Waals surface area contributed by atoms with E-state index in [0.717, 1.165) is 18.8 Å². The molecule has 6 heteroatoms. The fourth-order valence-electron chi connectivity index (χ4n) is 2.01. The summed E-state index contributed by atoms with van der Waals surface area (Å²) in [5.74, 6) is 1.17. The summed E-state index contributed by atoms with van der Waals surface area (Å²) in [6.45, 7) is 3.20. The van der Waals surface area contributed by atoms with Crippen molar-refractivity contribution >= 4 is 23.4 Å². The molecule has 5 nitrogen and oxygen atoms in total. The van der Waals surface area contributed by atoms with Gasteiger partial charge in [0.15, 0.2) is 0 Å². The maximum absolute atomic E-state index is 11.4. The molecule has 0 spiro atoms. The Bertz CT molecular complexity index is 418.